The third kappa shape index (κ3) is 3.18. The second-order valence-electron chi connectivity index (χ2n) is 12.2. The molecule has 2 N–H and O–H groups in total. The van der Waals surface area contributed by atoms with E-state index in [1.165, 1.54) is 12.2 Å². The first kappa shape index (κ1) is 26.3. The molecule has 8 atom stereocenters. The van der Waals surface area contributed by atoms with Crippen LogP contribution in [-0.2, 0) is 21.0 Å². The number of Topliss-reactive ketones (excluding diaryl/α,β-unsaturated/α-hetero) is 1. The van der Waals surface area contributed by atoms with Crippen LogP contribution in [0.2, 0.25) is 5.02 Å². The molecule has 3 fully saturated rings. The average Bonchev–Trinajstić information content (AvgIpc) is 3.35. The van der Waals surface area contributed by atoms with Gasteiger partial charge in [-0.15, -0.1) is 0 Å². The first-order valence-electron chi connectivity index (χ1n) is 13.2. The Hall–Kier alpha value is -1.97. The summed E-state index contributed by atoms with van der Waals surface area (Å²) in [5.41, 5.74) is -5.18. The Morgan fingerprint density at radius 3 is 2.63 bits per heavy atom. The Labute approximate surface area is 225 Å². The van der Waals surface area contributed by atoms with Crippen LogP contribution >= 0.6 is 11.6 Å². The van der Waals surface area contributed by atoms with Gasteiger partial charge in [-0.25, -0.2) is 8.78 Å². The van der Waals surface area contributed by atoms with Crippen LogP contribution in [0.3, 0.4) is 0 Å². The largest absolute Gasteiger partial charge is 0.390 e. The predicted octanol–water partition coefficient (Wildman–Crippen LogP) is 4.28. The van der Waals surface area contributed by atoms with Gasteiger partial charge in [0.25, 0.3) is 0 Å². The number of hydrogen-bond donors (Lipinski definition) is 2. The molecule has 1 saturated heterocycles. The summed E-state index contributed by atoms with van der Waals surface area (Å²) in [4.78, 5) is 32.1. The number of benzene rings is 1. The minimum absolute atomic E-state index is 0.0893. The number of ketones is 2. The molecule has 204 valence electrons. The summed E-state index contributed by atoms with van der Waals surface area (Å²) in [5, 5.41) is 23.9. The summed E-state index contributed by atoms with van der Waals surface area (Å²) in [7, 11) is 0. The molecular weight excluding hydrogens is 516 g/mol. The topological polar surface area (TPSA) is 87.1 Å². The van der Waals surface area contributed by atoms with Gasteiger partial charge in [-0.2, -0.15) is 5.06 Å². The van der Waals surface area contributed by atoms with Crippen molar-refractivity contribution in [3.8, 4) is 0 Å². The SMILES string of the molecule is C[C@]12C=CC(=O)CC1=C(F)C[C@H]1[C@@H]3C[C@H]4CN(Cc5ccc(Cl)cc5)O[C@@]4(C(=O)CO)[C@@]3(C)C[C@H](O)[C@@]12F. The standard InChI is InChI=1S/C29H32ClF2NO5/c1-26-8-7-19(35)10-22(26)23(31)11-21-20-9-17-14-33(13-16-3-5-18(30)6-4-16)38-29(17,25(37)15-34)27(20,2)12-24(36)28(21,26)32/h3-8,17,20-21,24,34,36H,9-15H2,1-2H3/t17-,20-,21-,24-,26-,27-,28-,29-/m0/s1. The van der Waals surface area contributed by atoms with Crippen molar-refractivity contribution in [3.63, 3.8) is 0 Å². The number of allylic oxidation sites excluding steroid dienone is 4. The third-order valence-corrected chi connectivity index (χ3v) is 10.8. The molecule has 0 aromatic heterocycles. The summed E-state index contributed by atoms with van der Waals surface area (Å²) < 4.78 is 33.0. The van der Waals surface area contributed by atoms with Crippen molar-refractivity contribution in [1.82, 2.24) is 5.06 Å². The Kier molecular flexibility index (Phi) is 5.88. The highest BCUT2D eigenvalue weighted by atomic mass is 35.5. The van der Waals surface area contributed by atoms with Crippen LogP contribution in [0.5, 0.6) is 0 Å². The molecular formula is C29H32ClF2NO5. The van der Waals surface area contributed by atoms with Gasteiger partial charge < -0.3 is 10.2 Å². The number of alkyl halides is 1. The minimum Gasteiger partial charge on any atom is -0.390 e. The highest BCUT2D eigenvalue weighted by molar-refractivity contribution is 6.30. The number of carbonyl (C=O) groups is 2. The van der Waals surface area contributed by atoms with Crippen molar-refractivity contribution >= 4 is 23.2 Å². The Bertz CT molecular complexity index is 1270. The third-order valence-electron chi connectivity index (χ3n) is 10.5. The van der Waals surface area contributed by atoms with Crippen molar-refractivity contribution in [2.75, 3.05) is 13.2 Å². The van der Waals surface area contributed by atoms with E-state index in [1.807, 2.05) is 19.1 Å². The quantitative estimate of drug-likeness (QED) is 0.585. The number of nitrogens with zero attached hydrogens (tertiary/aromatic N) is 1. The lowest BCUT2D eigenvalue weighted by Gasteiger charge is -2.62. The normalized spacial score (nSPS) is 44.0. The predicted molar refractivity (Wildman–Crippen MR) is 135 cm³/mol. The molecule has 0 spiro atoms. The summed E-state index contributed by atoms with van der Waals surface area (Å²) >= 11 is 6.01. The maximum Gasteiger partial charge on any atom is 0.192 e. The van der Waals surface area contributed by atoms with Crippen LogP contribution in [0, 0.1) is 28.6 Å². The molecule has 1 aromatic rings. The Morgan fingerprint density at radius 1 is 1.24 bits per heavy atom. The molecule has 1 aromatic carbocycles. The van der Waals surface area contributed by atoms with E-state index in [9.17, 15) is 19.8 Å². The van der Waals surface area contributed by atoms with Crippen molar-refractivity contribution in [1.29, 1.82) is 0 Å². The van der Waals surface area contributed by atoms with E-state index in [0.29, 0.717) is 24.5 Å². The molecule has 0 amide bonds. The van der Waals surface area contributed by atoms with Crippen LogP contribution in [-0.4, -0.2) is 57.4 Å². The molecule has 38 heavy (non-hydrogen) atoms. The number of aliphatic hydroxyl groups is 2. The molecule has 5 aliphatic rings. The zero-order valence-electron chi connectivity index (χ0n) is 21.4. The number of carbonyl (C=O) groups excluding carboxylic acids is 2. The van der Waals surface area contributed by atoms with Crippen molar-refractivity contribution < 1.29 is 33.4 Å². The lowest BCUT2D eigenvalue weighted by Crippen LogP contribution is -2.69. The lowest BCUT2D eigenvalue weighted by atomic mass is 9.45. The van der Waals surface area contributed by atoms with E-state index in [0.717, 1.165) is 5.56 Å². The van der Waals surface area contributed by atoms with Gasteiger partial charge in [0.15, 0.2) is 22.8 Å². The number of hydrogen-bond acceptors (Lipinski definition) is 6. The molecule has 6 rings (SSSR count). The van der Waals surface area contributed by atoms with Gasteiger partial charge in [-0.1, -0.05) is 36.7 Å². The van der Waals surface area contributed by atoms with Gasteiger partial charge in [0.05, 0.1) is 6.10 Å². The molecule has 0 radical (unpaired) electrons. The smallest absolute Gasteiger partial charge is 0.192 e. The maximum atomic E-state index is 17.4. The molecule has 0 unspecified atom stereocenters. The van der Waals surface area contributed by atoms with Gasteiger partial charge in [0.2, 0.25) is 0 Å². The zero-order valence-corrected chi connectivity index (χ0v) is 22.2. The van der Waals surface area contributed by atoms with Crippen LogP contribution < -0.4 is 0 Å². The van der Waals surface area contributed by atoms with Gasteiger partial charge in [-0.3, -0.25) is 14.4 Å². The zero-order chi connectivity index (χ0) is 27.3. The molecule has 1 aliphatic heterocycles. The second-order valence-corrected chi connectivity index (χ2v) is 12.6. The van der Waals surface area contributed by atoms with Crippen LogP contribution in [0.4, 0.5) is 8.78 Å². The number of halogens is 3. The number of hydroxylamine groups is 2. The van der Waals surface area contributed by atoms with E-state index in [4.69, 9.17) is 16.4 Å². The molecule has 2 saturated carbocycles. The average molecular weight is 548 g/mol. The van der Waals surface area contributed by atoms with Gasteiger partial charge in [-0.05, 0) is 55.0 Å². The van der Waals surface area contributed by atoms with Crippen LogP contribution in [0.25, 0.3) is 0 Å². The molecule has 1 heterocycles. The van der Waals surface area contributed by atoms with Crippen molar-refractivity contribution in [2.45, 2.75) is 63.4 Å². The Morgan fingerprint density at radius 2 is 1.95 bits per heavy atom. The van der Waals surface area contributed by atoms with Gasteiger partial charge in [0, 0.05) is 53.6 Å². The summed E-state index contributed by atoms with van der Waals surface area (Å²) in [6.07, 6.45) is 1.03. The van der Waals surface area contributed by atoms with E-state index < -0.39 is 58.3 Å². The first-order chi connectivity index (χ1) is 17.9. The summed E-state index contributed by atoms with van der Waals surface area (Å²) in [6.45, 7) is 3.39. The second kappa shape index (κ2) is 8.51. The highest BCUT2D eigenvalue weighted by Crippen LogP contribution is 2.72. The molecule has 9 heteroatoms. The maximum absolute atomic E-state index is 17.4. The van der Waals surface area contributed by atoms with Gasteiger partial charge >= 0.3 is 0 Å². The van der Waals surface area contributed by atoms with Crippen molar-refractivity contribution in [2.24, 2.45) is 28.6 Å². The number of fused-ring (bicyclic) bond motifs is 7. The lowest BCUT2D eigenvalue weighted by molar-refractivity contribution is -0.267. The minimum atomic E-state index is -2.22. The first-order valence-corrected chi connectivity index (χ1v) is 13.6. The number of aliphatic hydroxyl groups excluding tert-OH is 2. The fourth-order valence-electron chi connectivity index (χ4n) is 8.80. The van der Waals surface area contributed by atoms with Crippen LogP contribution in [0.1, 0.15) is 45.1 Å². The monoisotopic (exact) mass is 547 g/mol. The van der Waals surface area contributed by atoms with E-state index in [2.05, 4.69) is 0 Å². The van der Waals surface area contributed by atoms with E-state index >= 15 is 8.78 Å². The Balaban J connectivity index is 1.40. The molecule has 0 bridgehead atoms. The molecule has 4 aliphatic carbocycles. The number of rotatable bonds is 4. The van der Waals surface area contributed by atoms with E-state index in [1.54, 1.807) is 24.1 Å². The summed E-state index contributed by atoms with van der Waals surface area (Å²) in [5.74, 6) is -3.09. The highest BCUT2D eigenvalue weighted by Gasteiger charge is 2.79. The van der Waals surface area contributed by atoms with Crippen molar-refractivity contribution in [3.05, 3.63) is 58.4 Å². The fourth-order valence-corrected chi connectivity index (χ4v) is 8.93. The van der Waals surface area contributed by atoms with Crippen LogP contribution in [0.15, 0.2) is 47.8 Å². The van der Waals surface area contributed by atoms with E-state index in [-0.39, 0.29) is 36.5 Å². The summed E-state index contributed by atoms with van der Waals surface area (Å²) in [6, 6.07) is 7.27. The fraction of sp³-hybridized carbons (Fsp3) is 0.586. The molecule has 6 nitrogen and oxygen atoms in total. The van der Waals surface area contributed by atoms with Gasteiger partial charge in [0.1, 0.15) is 12.4 Å².